The lowest BCUT2D eigenvalue weighted by molar-refractivity contribution is 0.411. The minimum atomic E-state index is 0.973. The van der Waals surface area contributed by atoms with Crippen molar-refractivity contribution in [1.29, 1.82) is 0 Å². The summed E-state index contributed by atoms with van der Waals surface area (Å²) in [4.78, 5) is 1.33. The van der Waals surface area contributed by atoms with Gasteiger partial charge in [-0.2, -0.15) is 0 Å². The summed E-state index contributed by atoms with van der Waals surface area (Å²) in [6, 6.07) is 4.24. The second-order valence-electron chi connectivity index (χ2n) is 2.77. The fourth-order valence-corrected chi connectivity index (χ4v) is 4.65. The Hall–Kier alpha value is 0.0600. The molecule has 1 heterocycles. The minimum Gasteiger partial charge on any atom is -0.496 e. The van der Waals surface area contributed by atoms with Crippen LogP contribution >= 0.6 is 45.7 Å². The Morgan fingerprint density at radius 3 is 2.93 bits per heavy atom. The Balaban J connectivity index is 2.80. The van der Waals surface area contributed by atoms with Gasteiger partial charge in [-0.3, -0.25) is 0 Å². The standard InChI is InChI=1S/C10H9IOS2/c1-12-7-5-6-3-4-14-9(6)10(13-2)8(7)11/h3-5H,1-2H3. The van der Waals surface area contributed by atoms with E-state index in [1.807, 2.05) is 0 Å². The molecule has 14 heavy (non-hydrogen) atoms. The fourth-order valence-electron chi connectivity index (χ4n) is 1.36. The van der Waals surface area contributed by atoms with Gasteiger partial charge in [-0.25, -0.2) is 0 Å². The lowest BCUT2D eigenvalue weighted by Gasteiger charge is -2.08. The van der Waals surface area contributed by atoms with E-state index in [9.17, 15) is 0 Å². The molecule has 0 N–H and O–H groups in total. The van der Waals surface area contributed by atoms with Crippen molar-refractivity contribution >= 4 is 55.8 Å². The largest absolute Gasteiger partial charge is 0.496 e. The number of rotatable bonds is 2. The molecule has 0 fully saturated rings. The van der Waals surface area contributed by atoms with Gasteiger partial charge in [-0.15, -0.1) is 23.1 Å². The van der Waals surface area contributed by atoms with Gasteiger partial charge in [0.15, 0.2) is 0 Å². The lowest BCUT2D eigenvalue weighted by atomic mass is 10.2. The van der Waals surface area contributed by atoms with Crippen LogP contribution < -0.4 is 4.74 Å². The predicted molar refractivity (Wildman–Crippen MR) is 72.9 cm³/mol. The number of benzene rings is 1. The molecule has 2 rings (SSSR count). The van der Waals surface area contributed by atoms with Gasteiger partial charge in [0.2, 0.25) is 0 Å². The van der Waals surface area contributed by atoms with Crippen molar-refractivity contribution in [3.8, 4) is 5.75 Å². The normalized spacial score (nSPS) is 10.8. The van der Waals surface area contributed by atoms with Crippen LogP contribution in [0.4, 0.5) is 0 Å². The van der Waals surface area contributed by atoms with E-state index in [2.05, 4.69) is 46.4 Å². The van der Waals surface area contributed by atoms with Gasteiger partial charge in [0.1, 0.15) is 5.75 Å². The van der Waals surface area contributed by atoms with Crippen LogP contribution in [0.25, 0.3) is 10.1 Å². The Morgan fingerprint density at radius 2 is 2.29 bits per heavy atom. The maximum atomic E-state index is 5.35. The molecule has 0 atom stereocenters. The highest BCUT2D eigenvalue weighted by Crippen LogP contribution is 2.39. The number of hydrogen-bond acceptors (Lipinski definition) is 3. The first-order chi connectivity index (χ1) is 6.77. The summed E-state index contributed by atoms with van der Waals surface area (Å²) >= 11 is 5.92. The Morgan fingerprint density at radius 1 is 1.50 bits per heavy atom. The first-order valence-electron chi connectivity index (χ1n) is 4.05. The van der Waals surface area contributed by atoms with Gasteiger partial charge < -0.3 is 4.74 Å². The molecule has 2 aromatic rings. The van der Waals surface area contributed by atoms with Crippen LogP contribution in [-0.4, -0.2) is 13.4 Å². The van der Waals surface area contributed by atoms with E-state index >= 15 is 0 Å². The molecule has 0 unspecified atom stereocenters. The SMILES string of the molecule is COc1cc2ccsc2c(SC)c1I. The van der Waals surface area contributed by atoms with Crippen LogP contribution in [0.3, 0.4) is 0 Å². The van der Waals surface area contributed by atoms with E-state index in [4.69, 9.17) is 4.74 Å². The fraction of sp³-hybridized carbons (Fsp3) is 0.200. The Kier molecular flexibility index (Phi) is 3.23. The number of halogens is 1. The summed E-state index contributed by atoms with van der Waals surface area (Å²) in [5.74, 6) is 0.973. The molecule has 4 heteroatoms. The molecule has 0 aliphatic carbocycles. The van der Waals surface area contributed by atoms with Crippen molar-refractivity contribution in [2.75, 3.05) is 13.4 Å². The van der Waals surface area contributed by atoms with E-state index in [-0.39, 0.29) is 0 Å². The molecule has 0 spiro atoms. The van der Waals surface area contributed by atoms with E-state index in [0.29, 0.717) is 0 Å². The van der Waals surface area contributed by atoms with Crippen LogP contribution in [0.1, 0.15) is 0 Å². The van der Waals surface area contributed by atoms with Crippen molar-refractivity contribution in [1.82, 2.24) is 0 Å². The minimum absolute atomic E-state index is 0.973. The van der Waals surface area contributed by atoms with Crippen LogP contribution in [0.2, 0.25) is 0 Å². The summed E-state index contributed by atoms with van der Waals surface area (Å²) in [5.41, 5.74) is 0. The van der Waals surface area contributed by atoms with E-state index < -0.39 is 0 Å². The monoisotopic (exact) mass is 336 g/mol. The Labute approximate surface area is 105 Å². The third-order valence-corrected chi connectivity index (χ3v) is 5.36. The average Bonchev–Trinajstić information content (AvgIpc) is 2.64. The number of ether oxygens (including phenoxy) is 1. The molecule has 0 saturated carbocycles. The first kappa shape index (κ1) is 10.6. The topological polar surface area (TPSA) is 9.23 Å². The molecule has 0 amide bonds. The molecule has 0 aliphatic rings. The van der Waals surface area contributed by atoms with Crippen molar-refractivity contribution in [2.24, 2.45) is 0 Å². The number of hydrogen-bond donors (Lipinski definition) is 0. The van der Waals surface area contributed by atoms with Gasteiger partial charge in [0.25, 0.3) is 0 Å². The van der Waals surface area contributed by atoms with Crippen molar-refractivity contribution in [3.05, 3.63) is 21.1 Å². The van der Waals surface area contributed by atoms with Crippen LogP contribution in [0, 0.1) is 3.57 Å². The molecular formula is C10H9IOS2. The Bertz CT molecular complexity index is 464. The highest BCUT2D eigenvalue weighted by atomic mass is 127. The second-order valence-corrected chi connectivity index (χ2v) is 5.58. The lowest BCUT2D eigenvalue weighted by Crippen LogP contribution is -1.88. The van der Waals surface area contributed by atoms with Gasteiger partial charge in [-0.05, 0) is 51.7 Å². The number of fused-ring (bicyclic) bond motifs is 1. The van der Waals surface area contributed by atoms with Crippen LogP contribution in [0.5, 0.6) is 5.75 Å². The first-order valence-corrected chi connectivity index (χ1v) is 7.24. The van der Waals surface area contributed by atoms with E-state index in [0.717, 1.165) is 5.75 Å². The molecule has 1 aromatic heterocycles. The molecule has 0 radical (unpaired) electrons. The molecule has 1 aromatic carbocycles. The number of thiophene rings is 1. The zero-order chi connectivity index (χ0) is 10.1. The predicted octanol–water partition coefficient (Wildman–Crippen LogP) is 4.24. The molecule has 0 saturated heterocycles. The molecule has 0 aliphatic heterocycles. The summed E-state index contributed by atoms with van der Waals surface area (Å²) in [6.45, 7) is 0. The quantitative estimate of drug-likeness (QED) is 0.599. The van der Waals surface area contributed by atoms with Crippen LogP contribution in [0.15, 0.2) is 22.4 Å². The van der Waals surface area contributed by atoms with Gasteiger partial charge in [-0.1, -0.05) is 0 Å². The van der Waals surface area contributed by atoms with Crippen molar-refractivity contribution in [3.63, 3.8) is 0 Å². The summed E-state index contributed by atoms with van der Waals surface area (Å²) in [6.07, 6.45) is 2.11. The van der Waals surface area contributed by atoms with Crippen molar-refractivity contribution in [2.45, 2.75) is 4.90 Å². The highest BCUT2D eigenvalue weighted by molar-refractivity contribution is 14.1. The molecule has 1 nitrogen and oxygen atoms in total. The van der Waals surface area contributed by atoms with Gasteiger partial charge in [0, 0.05) is 9.60 Å². The maximum Gasteiger partial charge on any atom is 0.134 e. The van der Waals surface area contributed by atoms with Crippen molar-refractivity contribution < 1.29 is 4.74 Å². The summed E-state index contributed by atoms with van der Waals surface area (Å²) < 4.78 is 7.93. The molecule has 74 valence electrons. The van der Waals surface area contributed by atoms with Crippen LogP contribution in [-0.2, 0) is 0 Å². The average molecular weight is 336 g/mol. The van der Waals surface area contributed by atoms with Gasteiger partial charge in [0.05, 0.1) is 10.7 Å². The smallest absolute Gasteiger partial charge is 0.134 e. The number of methoxy groups -OCH3 is 1. The third-order valence-electron chi connectivity index (χ3n) is 2.03. The van der Waals surface area contributed by atoms with E-state index in [1.54, 1.807) is 30.2 Å². The summed E-state index contributed by atoms with van der Waals surface area (Å²) in [5, 5.41) is 3.40. The second kappa shape index (κ2) is 4.28. The van der Waals surface area contributed by atoms with E-state index in [1.165, 1.54) is 18.6 Å². The van der Waals surface area contributed by atoms with Gasteiger partial charge >= 0.3 is 0 Å². The number of thioether (sulfide) groups is 1. The zero-order valence-electron chi connectivity index (χ0n) is 7.83. The zero-order valence-corrected chi connectivity index (χ0v) is 11.6. The highest BCUT2D eigenvalue weighted by Gasteiger charge is 2.11. The molecule has 0 bridgehead atoms. The maximum absolute atomic E-state index is 5.35. The third kappa shape index (κ3) is 1.63. The summed E-state index contributed by atoms with van der Waals surface area (Å²) in [7, 11) is 1.72. The molecular weight excluding hydrogens is 327 g/mol.